The minimum atomic E-state index is 0.860. The number of hydrogen-bond donors (Lipinski definition) is 1. The Labute approximate surface area is 109 Å². The number of rotatable bonds is 4. The van der Waals surface area contributed by atoms with Crippen LogP contribution in [0.1, 0.15) is 11.3 Å². The fourth-order valence-electron chi connectivity index (χ4n) is 1.46. The van der Waals surface area contributed by atoms with Gasteiger partial charge in [-0.25, -0.2) is 4.98 Å². The molecule has 0 saturated carbocycles. The number of hydrogen-bond acceptors (Lipinski definition) is 3. The van der Waals surface area contributed by atoms with Gasteiger partial charge >= 0.3 is 0 Å². The monoisotopic (exact) mass is 291 g/mol. The first-order valence-corrected chi connectivity index (χ1v) is 6.30. The molecule has 0 aliphatic rings. The summed E-state index contributed by atoms with van der Waals surface area (Å²) in [5.41, 5.74) is 2.29. The van der Waals surface area contributed by atoms with Crippen LogP contribution in [0.2, 0.25) is 0 Å². The van der Waals surface area contributed by atoms with Gasteiger partial charge in [0.15, 0.2) is 0 Å². The van der Waals surface area contributed by atoms with Gasteiger partial charge in [0.05, 0.1) is 0 Å². The number of aryl methyl sites for hydroxylation is 1. The van der Waals surface area contributed by atoms with Gasteiger partial charge in [-0.3, -0.25) is 4.98 Å². The molecule has 0 bridgehead atoms. The van der Waals surface area contributed by atoms with Crippen LogP contribution in [-0.4, -0.2) is 16.5 Å². The highest BCUT2D eigenvalue weighted by molar-refractivity contribution is 9.10. The minimum absolute atomic E-state index is 0.860. The van der Waals surface area contributed by atoms with Crippen molar-refractivity contribution in [2.45, 2.75) is 13.3 Å². The molecule has 88 valence electrons. The molecule has 0 radical (unpaired) electrons. The zero-order valence-electron chi connectivity index (χ0n) is 9.65. The van der Waals surface area contributed by atoms with Gasteiger partial charge in [0.2, 0.25) is 0 Å². The van der Waals surface area contributed by atoms with E-state index >= 15 is 0 Å². The lowest BCUT2D eigenvalue weighted by Gasteiger charge is -2.05. The van der Waals surface area contributed by atoms with Crippen molar-refractivity contribution in [1.82, 2.24) is 9.97 Å². The average molecular weight is 292 g/mol. The quantitative estimate of drug-likeness (QED) is 0.940. The molecule has 0 fully saturated rings. The van der Waals surface area contributed by atoms with Crippen LogP contribution in [0.25, 0.3) is 0 Å². The van der Waals surface area contributed by atoms with Crippen molar-refractivity contribution in [3.63, 3.8) is 0 Å². The molecule has 0 spiro atoms. The summed E-state index contributed by atoms with van der Waals surface area (Å²) in [5, 5.41) is 3.28. The Balaban J connectivity index is 1.83. The number of aromatic nitrogens is 2. The molecule has 2 heterocycles. The smallest absolute Gasteiger partial charge is 0.125 e. The first-order valence-electron chi connectivity index (χ1n) is 5.51. The molecule has 2 rings (SSSR count). The second-order valence-electron chi connectivity index (χ2n) is 3.85. The highest BCUT2D eigenvalue weighted by Crippen LogP contribution is 2.10. The van der Waals surface area contributed by atoms with Crippen molar-refractivity contribution >= 4 is 21.7 Å². The topological polar surface area (TPSA) is 37.8 Å². The van der Waals surface area contributed by atoms with Crippen molar-refractivity contribution < 1.29 is 0 Å². The molecule has 1 N–H and O–H groups in total. The zero-order valence-corrected chi connectivity index (χ0v) is 11.2. The Kier molecular flexibility index (Phi) is 4.09. The van der Waals surface area contributed by atoms with Gasteiger partial charge in [-0.1, -0.05) is 6.07 Å². The summed E-state index contributed by atoms with van der Waals surface area (Å²) in [5.74, 6) is 0.897. The van der Waals surface area contributed by atoms with Gasteiger partial charge in [-0.05, 0) is 53.0 Å². The Morgan fingerprint density at radius 2 is 2.00 bits per heavy atom. The predicted octanol–water partition coefficient (Wildman–Crippen LogP) is 3.20. The Bertz CT molecular complexity index is 420. The molecule has 2 aromatic rings. The van der Waals surface area contributed by atoms with Crippen LogP contribution in [-0.2, 0) is 6.42 Å². The molecule has 2 aromatic heterocycles. The van der Waals surface area contributed by atoms with Gasteiger partial charge in [-0.2, -0.15) is 0 Å². The van der Waals surface area contributed by atoms with Crippen LogP contribution >= 0.6 is 15.9 Å². The maximum atomic E-state index is 4.27. The molecule has 0 aliphatic heterocycles. The lowest BCUT2D eigenvalue weighted by atomic mass is 10.2. The molecule has 0 aliphatic carbocycles. The fourth-order valence-corrected chi connectivity index (χ4v) is 1.70. The largest absolute Gasteiger partial charge is 0.370 e. The summed E-state index contributed by atoms with van der Waals surface area (Å²) in [6.45, 7) is 2.85. The number of nitrogens with zero attached hydrogens (tertiary/aromatic N) is 2. The van der Waals surface area contributed by atoms with E-state index in [1.165, 1.54) is 5.56 Å². The van der Waals surface area contributed by atoms with Crippen LogP contribution in [0.3, 0.4) is 0 Å². The highest BCUT2D eigenvalue weighted by Gasteiger charge is 1.95. The van der Waals surface area contributed by atoms with Gasteiger partial charge in [0, 0.05) is 29.1 Å². The maximum absolute atomic E-state index is 4.27. The molecule has 4 heteroatoms. The lowest BCUT2D eigenvalue weighted by molar-refractivity contribution is 0.986. The van der Waals surface area contributed by atoms with Crippen LogP contribution < -0.4 is 5.32 Å². The third kappa shape index (κ3) is 3.82. The molecule has 0 atom stereocenters. The fraction of sp³-hybridized carbons (Fsp3) is 0.231. The molecule has 0 aromatic carbocycles. The first kappa shape index (κ1) is 12.0. The van der Waals surface area contributed by atoms with Crippen molar-refractivity contribution in [2.24, 2.45) is 0 Å². The van der Waals surface area contributed by atoms with E-state index in [-0.39, 0.29) is 0 Å². The molecular formula is C13H14BrN3. The normalized spacial score (nSPS) is 10.2. The highest BCUT2D eigenvalue weighted by atomic mass is 79.9. The minimum Gasteiger partial charge on any atom is -0.370 e. The summed E-state index contributed by atoms with van der Waals surface area (Å²) in [7, 11) is 0. The standard InChI is InChI=1S/C13H14BrN3/c1-10-2-3-11(8-16-10)6-7-15-13-5-4-12(14)9-17-13/h2-5,8-9H,6-7H2,1H3,(H,15,17). The molecule has 0 amide bonds. The van der Waals surface area contributed by atoms with E-state index in [1.807, 2.05) is 31.3 Å². The summed E-state index contributed by atoms with van der Waals surface area (Å²) in [6.07, 6.45) is 4.66. The first-order chi connectivity index (χ1) is 8.24. The van der Waals surface area contributed by atoms with Gasteiger partial charge in [0.25, 0.3) is 0 Å². The predicted molar refractivity (Wildman–Crippen MR) is 73.1 cm³/mol. The van der Waals surface area contributed by atoms with E-state index in [9.17, 15) is 0 Å². The number of pyridine rings is 2. The SMILES string of the molecule is Cc1ccc(CCNc2ccc(Br)cn2)cn1. The summed E-state index contributed by atoms with van der Waals surface area (Å²) in [6, 6.07) is 8.08. The van der Waals surface area contributed by atoms with E-state index in [0.717, 1.165) is 29.0 Å². The molecule has 0 saturated heterocycles. The zero-order chi connectivity index (χ0) is 12.1. The van der Waals surface area contributed by atoms with E-state index in [4.69, 9.17) is 0 Å². The Morgan fingerprint density at radius 3 is 2.65 bits per heavy atom. The summed E-state index contributed by atoms with van der Waals surface area (Å²) in [4.78, 5) is 8.52. The second-order valence-corrected chi connectivity index (χ2v) is 4.76. The van der Waals surface area contributed by atoms with Crippen molar-refractivity contribution in [2.75, 3.05) is 11.9 Å². The molecule has 3 nitrogen and oxygen atoms in total. The summed E-state index contributed by atoms with van der Waals surface area (Å²) >= 11 is 3.36. The van der Waals surface area contributed by atoms with Crippen LogP contribution in [0.15, 0.2) is 41.1 Å². The molecule has 17 heavy (non-hydrogen) atoms. The number of anilines is 1. The number of halogens is 1. The van der Waals surface area contributed by atoms with Crippen LogP contribution in [0.5, 0.6) is 0 Å². The average Bonchev–Trinajstić information content (AvgIpc) is 2.34. The van der Waals surface area contributed by atoms with Gasteiger partial charge in [-0.15, -0.1) is 0 Å². The third-order valence-corrected chi connectivity index (χ3v) is 2.89. The van der Waals surface area contributed by atoms with E-state index in [1.54, 1.807) is 6.20 Å². The summed E-state index contributed by atoms with van der Waals surface area (Å²) < 4.78 is 0.991. The Morgan fingerprint density at radius 1 is 1.12 bits per heavy atom. The maximum Gasteiger partial charge on any atom is 0.125 e. The second kappa shape index (κ2) is 5.77. The van der Waals surface area contributed by atoms with Crippen molar-refractivity contribution in [3.8, 4) is 0 Å². The molecular weight excluding hydrogens is 278 g/mol. The van der Waals surface area contributed by atoms with Gasteiger partial charge in [0.1, 0.15) is 5.82 Å². The van der Waals surface area contributed by atoms with Crippen molar-refractivity contribution in [3.05, 3.63) is 52.4 Å². The third-order valence-electron chi connectivity index (χ3n) is 2.42. The van der Waals surface area contributed by atoms with Crippen LogP contribution in [0.4, 0.5) is 5.82 Å². The van der Waals surface area contributed by atoms with Crippen molar-refractivity contribution in [1.29, 1.82) is 0 Å². The van der Waals surface area contributed by atoms with Gasteiger partial charge < -0.3 is 5.32 Å². The Hall–Kier alpha value is -1.42. The van der Waals surface area contributed by atoms with Crippen LogP contribution in [0, 0.1) is 6.92 Å². The molecule has 0 unspecified atom stereocenters. The van der Waals surface area contributed by atoms with E-state index in [0.29, 0.717) is 0 Å². The van der Waals surface area contributed by atoms with E-state index < -0.39 is 0 Å². The number of nitrogens with one attached hydrogen (secondary N) is 1. The lowest BCUT2D eigenvalue weighted by Crippen LogP contribution is -2.06. The van der Waals surface area contributed by atoms with E-state index in [2.05, 4.69) is 37.3 Å².